The molecule has 0 aliphatic rings. The predicted octanol–water partition coefficient (Wildman–Crippen LogP) is 2.60. The van der Waals surface area contributed by atoms with Crippen LogP contribution in [0.3, 0.4) is 0 Å². The molecule has 0 saturated heterocycles. The molecule has 1 aromatic carbocycles. The van der Waals surface area contributed by atoms with Crippen LogP contribution < -0.4 is 10.5 Å². The van der Waals surface area contributed by atoms with Gasteiger partial charge in [0.15, 0.2) is 11.5 Å². The molecule has 4 heteroatoms. The lowest BCUT2D eigenvalue weighted by Gasteiger charge is -2.21. The summed E-state index contributed by atoms with van der Waals surface area (Å²) in [6, 6.07) is 5.76. The van der Waals surface area contributed by atoms with Gasteiger partial charge in [-0.1, -0.05) is 19.9 Å². The first-order chi connectivity index (χ1) is 9.43. The molecule has 0 bridgehead atoms. The predicted molar refractivity (Wildman–Crippen MR) is 83.0 cm³/mol. The smallest absolute Gasteiger partial charge is 0.161 e. The number of phenolic OH excluding ortho intramolecular Hbond substituents is 1. The molecule has 0 radical (unpaired) electrons. The largest absolute Gasteiger partial charge is 0.504 e. The van der Waals surface area contributed by atoms with Gasteiger partial charge in [-0.25, -0.2) is 0 Å². The summed E-state index contributed by atoms with van der Waals surface area (Å²) in [4.78, 5) is 2.24. The highest BCUT2D eigenvalue weighted by molar-refractivity contribution is 5.41. The van der Waals surface area contributed by atoms with Gasteiger partial charge in [0.05, 0.1) is 6.61 Å². The Morgan fingerprint density at radius 1 is 1.35 bits per heavy atom. The maximum Gasteiger partial charge on any atom is 0.161 e. The summed E-state index contributed by atoms with van der Waals surface area (Å²) in [5.74, 6) is 1.26. The first kappa shape index (κ1) is 16.8. The molecule has 0 fully saturated rings. The van der Waals surface area contributed by atoms with Crippen molar-refractivity contribution in [2.75, 3.05) is 20.2 Å². The quantitative estimate of drug-likeness (QED) is 0.768. The molecule has 0 aliphatic carbocycles. The minimum Gasteiger partial charge on any atom is -0.504 e. The van der Waals surface area contributed by atoms with E-state index in [1.807, 2.05) is 19.1 Å². The summed E-state index contributed by atoms with van der Waals surface area (Å²) in [7, 11) is 2.08. The number of phenols is 1. The fourth-order valence-electron chi connectivity index (χ4n) is 2.02. The Morgan fingerprint density at radius 3 is 2.65 bits per heavy atom. The topological polar surface area (TPSA) is 58.7 Å². The van der Waals surface area contributed by atoms with Gasteiger partial charge in [-0.3, -0.25) is 0 Å². The van der Waals surface area contributed by atoms with E-state index in [1.165, 1.54) is 0 Å². The average Bonchev–Trinajstić information content (AvgIpc) is 2.40. The molecule has 20 heavy (non-hydrogen) atoms. The third-order valence-electron chi connectivity index (χ3n) is 3.48. The van der Waals surface area contributed by atoms with E-state index in [2.05, 4.69) is 25.8 Å². The average molecular weight is 280 g/mol. The molecule has 0 aromatic heterocycles. The molecular formula is C16H28N2O2. The fraction of sp³-hybridized carbons (Fsp3) is 0.625. The molecule has 0 amide bonds. The maximum absolute atomic E-state index is 9.68. The number of aromatic hydroxyl groups is 1. The molecule has 0 spiro atoms. The summed E-state index contributed by atoms with van der Waals surface area (Å²) < 4.78 is 5.40. The van der Waals surface area contributed by atoms with Crippen molar-refractivity contribution < 1.29 is 9.84 Å². The van der Waals surface area contributed by atoms with E-state index >= 15 is 0 Å². The molecule has 1 aromatic rings. The number of benzene rings is 1. The Morgan fingerprint density at radius 2 is 2.05 bits per heavy atom. The Labute approximate surface area is 122 Å². The first-order valence-electron chi connectivity index (χ1n) is 7.32. The SMILES string of the molecule is CCOc1cc(CN(C)CCC(N)C(C)C)ccc1O. The van der Waals surface area contributed by atoms with E-state index in [0.717, 1.165) is 25.1 Å². The van der Waals surface area contributed by atoms with E-state index in [9.17, 15) is 5.11 Å². The second-order valence-corrected chi connectivity index (χ2v) is 5.67. The molecule has 114 valence electrons. The number of ether oxygens (including phenoxy) is 1. The van der Waals surface area contributed by atoms with Gasteiger partial charge in [0, 0.05) is 12.6 Å². The Kier molecular flexibility index (Phi) is 6.82. The molecule has 4 nitrogen and oxygen atoms in total. The van der Waals surface area contributed by atoms with Crippen molar-refractivity contribution in [2.24, 2.45) is 11.7 Å². The minimum atomic E-state index is 0.195. The lowest BCUT2D eigenvalue weighted by molar-refractivity contribution is 0.293. The van der Waals surface area contributed by atoms with Gasteiger partial charge < -0.3 is 20.5 Å². The van der Waals surface area contributed by atoms with Crippen molar-refractivity contribution in [2.45, 2.75) is 39.8 Å². The molecule has 1 atom stereocenters. The van der Waals surface area contributed by atoms with Crippen molar-refractivity contribution in [1.82, 2.24) is 4.90 Å². The highest BCUT2D eigenvalue weighted by atomic mass is 16.5. The normalized spacial score (nSPS) is 12.9. The number of nitrogens with zero attached hydrogens (tertiary/aromatic N) is 1. The summed E-state index contributed by atoms with van der Waals surface area (Å²) >= 11 is 0. The van der Waals surface area contributed by atoms with Crippen LogP contribution in [0.4, 0.5) is 0 Å². The van der Waals surface area contributed by atoms with Crippen LogP contribution in [0.1, 0.15) is 32.8 Å². The van der Waals surface area contributed by atoms with Crippen molar-refractivity contribution in [3.63, 3.8) is 0 Å². The molecule has 0 saturated carbocycles. The molecule has 1 rings (SSSR count). The monoisotopic (exact) mass is 280 g/mol. The molecule has 3 N–H and O–H groups in total. The molecule has 1 unspecified atom stereocenters. The summed E-state index contributed by atoms with van der Waals surface area (Å²) in [6.07, 6.45) is 0.991. The number of nitrogens with two attached hydrogens (primary N) is 1. The minimum absolute atomic E-state index is 0.195. The summed E-state index contributed by atoms with van der Waals surface area (Å²) in [5.41, 5.74) is 7.19. The van der Waals surface area contributed by atoms with Gasteiger partial charge in [-0.15, -0.1) is 0 Å². The third-order valence-corrected chi connectivity index (χ3v) is 3.48. The van der Waals surface area contributed by atoms with Crippen LogP contribution in [-0.4, -0.2) is 36.2 Å². The van der Waals surface area contributed by atoms with Crippen molar-refractivity contribution in [3.05, 3.63) is 23.8 Å². The van der Waals surface area contributed by atoms with Gasteiger partial charge in [-0.05, 0) is 50.6 Å². The third kappa shape index (κ3) is 5.39. The van der Waals surface area contributed by atoms with E-state index < -0.39 is 0 Å². The lowest BCUT2D eigenvalue weighted by atomic mass is 10.0. The van der Waals surface area contributed by atoms with Crippen molar-refractivity contribution in [1.29, 1.82) is 0 Å². The zero-order valence-electron chi connectivity index (χ0n) is 13.1. The zero-order chi connectivity index (χ0) is 15.1. The lowest BCUT2D eigenvalue weighted by Crippen LogP contribution is -2.31. The van der Waals surface area contributed by atoms with Crippen LogP contribution in [0.5, 0.6) is 11.5 Å². The zero-order valence-corrected chi connectivity index (χ0v) is 13.1. The van der Waals surface area contributed by atoms with E-state index in [1.54, 1.807) is 6.07 Å². The van der Waals surface area contributed by atoms with Crippen LogP contribution in [0, 0.1) is 5.92 Å². The Bertz CT molecular complexity index is 407. The Hall–Kier alpha value is -1.26. The second-order valence-electron chi connectivity index (χ2n) is 5.67. The summed E-state index contributed by atoms with van der Waals surface area (Å²) in [6.45, 7) is 8.55. The van der Waals surface area contributed by atoms with Crippen LogP contribution in [0.2, 0.25) is 0 Å². The van der Waals surface area contributed by atoms with Crippen molar-refractivity contribution in [3.8, 4) is 11.5 Å². The van der Waals surface area contributed by atoms with Gasteiger partial charge in [0.2, 0.25) is 0 Å². The van der Waals surface area contributed by atoms with Crippen LogP contribution in [0.25, 0.3) is 0 Å². The van der Waals surface area contributed by atoms with Crippen LogP contribution >= 0.6 is 0 Å². The molecule has 0 heterocycles. The second kappa shape index (κ2) is 8.12. The van der Waals surface area contributed by atoms with Gasteiger partial charge in [0.25, 0.3) is 0 Å². The fourth-order valence-corrected chi connectivity index (χ4v) is 2.02. The van der Waals surface area contributed by atoms with E-state index in [0.29, 0.717) is 18.3 Å². The maximum atomic E-state index is 9.68. The number of hydrogen-bond acceptors (Lipinski definition) is 4. The standard InChI is InChI=1S/C16H28N2O2/c1-5-20-16-10-13(6-7-15(16)19)11-18(4)9-8-14(17)12(2)3/h6-7,10,12,14,19H,5,8-9,11,17H2,1-4H3. The number of rotatable bonds is 8. The number of hydrogen-bond donors (Lipinski definition) is 2. The molecule has 0 aliphatic heterocycles. The van der Waals surface area contributed by atoms with E-state index in [4.69, 9.17) is 10.5 Å². The van der Waals surface area contributed by atoms with Gasteiger partial charge in [0.1, 0.15) is 0 Å². The van der Waals surface area contributed by atoms with Crippen molar-refractivity contribution >= 4 is 0 Å². The highest BCUT2D eigenvalue weighted by Gasteiger charge is 2.10. The van der Waals surface area contributed by atoms with Gasteiger partial charge >= 0.3 is 0 Å². The Balaban J connectivity index is 2.53. The first-order valence-corrected chi connectivity index (χ1v) is 7.32. The van der Waals surface area contributed by atoms with Crippen LogP contribution in [0.15, 0.2) is 18.2 Å². The van der Waals surface area contributed by atoms with Gasteiger partial charge in [-0.2, -0.15) is 0 Å². The van der Waals surface area contributed by atoms with Crippen LogP contribution in [-0.2, 0) is 6.54 Å². The molecular weight excluding hydrogens is 252 g/mol. The summed E-state index contributed by atoms with van der Waals surface area (Å²) in [5, 5.41) is 9.68. The van der Waals surface area contributed by atoms with E-state index in [-0.39, 0.29) is 11.8 Å². The highest BCUT2D eigenvalue weighted by Crippen LogP contribution is 2.27.